The highest BCUT2D eigenvalue weighted by atomic mass is 32.2. The third-order valence-electron chi connectivity index (χ3n) is 10.1. The van der Waals surface area contributed by atoms with Crippen molar-refractivity contribution >= 4 is 77.9 Å². The lowest BCUT2D eigenvalue weighted by atomic mass is 9.85. The number of hydrogen-bond acceptors (Lipinski definition) is 2. The van der Waals surface area contributed by atoms with Crippen LogP contribution in [0.5, 0.6) is 0 Å². The fourth-order valence-electron chi connectivity index (χ4n) is 7.89. The Balaban J connectivity index is 1.23. The zero-order valence-corrected chi connectivity index (χ0v) is 28.2. The first kappa shape index (κ1) is 28.6. The number of fused-ring (bicyclic) bond motifs is 6. The fourth-order valence-corrected chi connectivity index (χ4v) is 12.6. The second-order valence-electron chi connectivity index (χ2n) is 12.8. The van der Waals surface area contributed by atoms with Gasteiger partial charge in [0.25, 0.3) is 0 Å². The first-order valence-corrected chi connectivity index (χ1v) is 19.1. The van der Waals surface area contributed by atoms with Gasteiger partial charge in [0, 0.05) is 25.7 Å². The fraction of sp³-hybridized carbons (Fsp3) is 0. The van der Waals surface area contributed by atoms with Crippen LogP contribution < -0.4 is 15.9 Å². The molecule has 230 valence electrons. The summed E-state index contributed by atoms with van der Waals surface area (Å²) in [6.45, 7) is 0. The van der Waals surface area contributed by atoms with Gasteiger partial charge in [0.1, 0.15) is 0 Å². The maximum atomic E-state index is 15.7. The maximum Gasteiger partial charge on any atom is 0.173 e. The largest absolute Gasteiger partial charge is 0.309 e. The van der Waals surface area contributed by atoms with Crippen LogP contribution >= 0.6 is 18.9 Å². The van der Waals surface area contributed by atoms with E-state index in [1.807, 2.05) is 12.1 Å². The first-order chi connectivity index (χ1) is 24.2. The van der Waals surface area contributed by atoms with Crippen LogP contribution in [-0.2, 0) is 4.57 Å². The van der Waals surface area contributed by atoms with Gasteiger partial charge in [0.2, 0.25) is 0 Å². The molecule has 0 fully saturated rings. The zero-order valence-electron chi connectivity index (χ0n) is 26.5. The van der Waals surface area contributed by atoms with Gasteiger partial charge in [-0.05, 0) is 95.7 Å². The molecule has 0 spiro atoms. The Kier molecular flexibility index (Phi) is 6.46. The van der Waals surface area contributed by atoms with Crippen LogP contribution in [0.4, 0.5) is 0 Å². The summed E-state index contributed by atoms with van der Waals surface area (Å²) in [4.78, 5) is 2.11. The molecule has 1 atom stereocenters. The Bertz CT molecular complexity index is 2790. The Hall–Kier alpha value is -5.40. The summed E-state index contributed by atoms with van der Waals surface area (Å²) in [5, 5.41) is 12.3. The molecule has 0 amide bonds. The Morgan fingerprint density at radius 1 is 0.388 bits per heavy atom. The van der Waals surface area contributed by atoms with Gasteiger partial charge in [-0.15, -0.1) is 0 Å². The summed E-state index contributed by atoms with van der Waals surface area (Å²) in [6.07, 6.45) is 0. The van der Waals surface area contributed by atoms with Crippen molar-refractivity contribution in [3.8, 4) is 22.3 Å². The van der Waals surface area contributed by atoms with Gasteiger partial charge in [-0.1, -0.05) is 157 Å². The van der Waals surface area contributed by atoms with E-state index >= 15 is 4.57 Å². The Morgan fingerprint density at radius 2 is 0.959 bits per heavy atom. The molecule has 1 aliphatic rings. The van der Waals surface area contributed by atoms with E-state index < -0.39 is 7.14 Å². The van der Waals surface area contributed by atoms with E-state index in [4.69, 9.17) is 0 Å². The Labute approximate surface area is 289 Å². The van der Waals surface area contributed by atoms with Crippen LogP contribution in [0.15, 0.2) is 186 Å². The molecule has 0 radical (unpaired) electrons. The van der Waals surface area contributed by atoms with E-state index in [2.05, 4.69) is 164 Å². The van der Waals surface area contributed by atoms with Crippen LogP contribution in [0, 0.1) is 0 Å². The van der Waals surface area contributed by atoms with Crippen LogP contribution in [0.25, 0.3) is 65.3 Å². The molecule has 1 aliphatic heterocycles. The molecule has 49 heavy (non-hydrogen) atoms. The summed E-state index contributed by atoms with van der Waals surface area (Å²) in [6, 6.07) is 62.4. The second-order valence-corrected chi connectivity index (χ2v) is 16.5. The lowest BCUT2D eigenvalue weighted by molar-refractivity contribution is 0.592. The standard InChI is InChI=1S/C46H29OPS/c47-48(34-26-24-30-12-1-2-14-32(30)28-34)41-22-9-10-23-43(41)49-44-29-33(25-27-42(44)48)45-37-17-5-7-19-39(37)46(40-20-8-6-18-38(40)45)36-21-11-15-31-13-3-4-16-35(31)36/h1-29H. The molecule has 0 bridgehead atoms. The molecule has 3 heteroatoms. The van der Waals surface area contributed by atoms with Gasteiger partial charge in [-0.25, -0.2) is 0 Å². The highest BCUT2D eigenvalue weighted by Crippen LogP contribution is 2.54. The van der Waals surface area contributed by atoms with E-state index in [-0.39, 0.29) is 0 Å². The highest BCUT2D eigenvalue weighted by Gasteiger charge is 2.38. The van der Waals surface area contributed by atoms with Gasteiger partial charge in [0.05, 0.1) is 0 Å². The van der Waals surface area contributed by atoms with Crippen LogP contribution in [-0.4, -0.2) is 0 Å². The van der Waals surface area contributed by atoms with Gasteiger partial charge in [-0.3, -0.25) is 0 Å². The van der Waals surface area contributed by atoms with Crippen molar-refractivity contribution in [3.63, 3.8) is 0 Å². The molecule has 0 aromatic heterocycles. The van der Waals surface area contributed by atoms with Gasteiger partial charge in [0.15, 0.2) is 7.14 Å². The smallest absolute Gasteiger partial charge is 0.173 e. The molecule has 0 aliphatic carbocycles. The van der Waals surface area contributed by atoms with Crippen molar-refractivity contribution in [2.75, 3.05) is 0 Å². The minimum Gasteiger partial charge on any atom is -0.309 e. The summed E-state index contributed by atoms with van der Waals surface area (Å²) >= 11 is 1.73. The van der Waals surface area contributed by atoms with E-state index in [0.29, 0.717) is 0 Å². The maximum absolute atomic E-state index is 15.7. The van der Waals surface area contributed by atoms with Crippen LogP contribution in [0.3, 0.4) is 0 Å². The van der Waals surface area contributed by atoms with Gasteiger partial charge < -0.3 is 4.57 Å². The summed E-state index contributed by atoms with van der Waals surface area (Å²) in [5.74, 6) is 0. The number of rotatable bonds is 3. The summed E-state index contributed by atoms with van der Waals surface area (Å²) in [7, 11) is -3.15. The predicted octanol–water partition coefficient (Wildman–Crippen LogP) is 11.7. The first-order valence-electron chi connectivity index (χ1n) is 16.6. The molecule has 0 N–H and O–H groups in total. The molecular formula is C46H29OPS. The third kappa shape index (κ3) is 4.31. The normalized spacial score (nSPS) is 15.4. The highest BCUT2D eigenvalue weighted by molar-refractivity contribution is 8.02. The van der Waals surface area contributed by atoms with Gasteiger partial charge >= 0.3 is 0 Å². The molecule has 1 heterocycles. The summed E-state index contributed by atoms with van der Waals surface area (Å²) in [5.41, 5.74) is 4.84. The van der Waals surface area contributed by atoms with E-state index in [1.54, 1.807) is 11.8 Å². The summed E-state index contributed by atoms with van der Waals surface area (Å²) < 4.78 is 15.7. The monoisotopic (exact) mass is 660 g/mol. The lowest BCUT2D eigenvalue weighted by Gasteiger charge is -2.29. The molecule has 9 aromatic rings. The van der Waals surface area contributed by atoms with E-state index in [9.17, 15) is 0 Å². The topological polar surface area (TPSA) is 17.1 Å². The molecule has 0 saturated carbocycles. The molecule has 0 saturated heterocycles. The minimum absolute atomic E-state index is 0.878. The molecule has 10 rings (SSSR count). The van der Waals surface area contributed by atoms with Crippen molar-refractivity contribution in [1.29, 1.82) is 0 Å². The van der Waals surface area contributed by atoms with Crippen molar-refractivity contribution in [1.82, 2.24) is 0 Å². The molecule has 1 unspecified atom stereocenters. The van der Waals surface area contributed by atoms with Crippen molar-refractivity contribution in [2.45, 2.75) is 9.79 Å². The van der Waals surface area contributed by atoms with Gasteiger partial charge in [-0.2, -0.15) is 0 Å². The van der Waals surface area contributed by atoms with Crippen molar-refractivity contribution in [2.24, 2.45) is 0 Å². The number of benzene rings is 9. The zero-order chi connectivity index (χ0) is 32.5. The quantitative estimate of drug-likeness (QED) is 0.139. The Morgan fingerprint density at radius 3 is 1.71 bits per heavy atom. The van der Waals surface area contributed by atoms with E-state index in [0.717, 1.165) is 42.0 Å². The van der Waals surface area contributed by atoms with Crippen molar-refractivity contribution < 1.29 is 4.57 Å². The average Bonchev–Trinajstić information content (AvgIpc) is 3.16. The third-order valence-corrected chi connectivity index (χ3v) is 14.7. The van der Waals surface area contributed by atoms with E-state index in [1.165, 1.54) is 49.0 Å². The minimum atomic E-state index is -3.15. The number of hydrogen-bond donors (Lipinski definition) is 0. The second kappa shape index (κ2) is 11.1. The molecule has 9 aromatic carbocycles. The SMILES string of the molecule is O=P1(c2ccc3ccccc3c2)c2ccccc2Sc2cc(-c3c4ccccc4c(-c4cccc5ccccc45)c4ccccc34)ccc21. The average molecular weight is 661 g/mol. The van der Waals surface area contributed by atoms with Crippen molar-refractivity contribution in [3.05, 3.63) is 176 Å². The predicted molar refractivity (Wildman–Crippen MR) is 211 cm³/mol. The molecule has 1 nitrogen and oxygen atoms in total. The van der Waals surface area contributed by atoms with Crippen LogP contribution in [0.1, 0.15) is 0 Å². The lowest BCUT2D eigenvalue weighted by Crippen LogP contribution is -2.30. The molecular weight excluding hydrogens is 632 g/mol. The van der Waals surface area contributed by atoms with Crippen LogP contribution in [0.2, 0.25) is 0 Å².